The van der Waals surface area contributed by atoms with Crippen LogP contribution in [0.4, 0.5) is 5.95 Å². The summed E-state index contributed by atoms with van der Waals surface area (Å²) in [6, 6.07) is 0. The van der Waals surface area contributed by atoms with Crippen LogP contribution in [0.3, 0.4) is 0 Å². The second kappa shape index (κ2) is 3.21. The van der Waals surface area contributed by atoms with Crippen molar-refractivity contribution in [2.75, 3.05) is 11.4 Å². The molecule has 1 aliphatic heterocycles. The molecule has 0 bridgehead atoms. The Kier molecular flexibility index (Phi) is 2.03. The molecule has 0 saturated carbocycles. The molecule has 2 heterocycles. The van der Waals surface area contributed by atoms with Crippen LogP contribution < -0.4 is 4.90 Å². The number of aryl methyl sites for hydroxylation is 1. The number of nitrogens with zero attached hydrogens (tertiary/aromatic N) is 5. The first-order valence-corrected chi connectivity index (χ1v) is 4.37. The van der Waals surface area contributed by atoms with Crippen LogP contribution in [-0.2, 0) is 11.8 Å². The lowest BCUT2D eigenvalue weighted by atomic mass is 10.1. The molecule has 1 aromatic heterocycles. The number of carbonyl (C=O) groups excluding carboxylic acids is 1. The van der Waals surface area contributed by atoms with Crippen LogP contribution in [0.25, 0.3) is 0 Å². The fourth-order valence-electron chi connectivity index (χ4n) is 1.47. The van der Waals surface area contributed by atoms with Gasteiger partial charge in [-0.05, 0) is 5.21 Å². The molecule has 1 fully saturated rings. The van der Waals surface area contributed by atoms with Gasteiger partial charge >= 0.3 is 0 Å². The molecule has 0 aliphatic carbocycles. The maximum atomic E-state index is 11.5. The number of hydrogen-bond acceptors (Lipinski definition) is 4. The van der Waals surface area contributed by atoms with Crippen LogP contribution in [0.2, 0.25) is 0 Å². The smallest absolute Gasteiger partial charge is 0.272 e. The quantitative estimate of drug-likeness (QED) is 0.607. The molecule has 0 radical (unpaired) electrons. The van der Waals surface area contributed by atoms with Gasteiger partial charge in [-0.2, -0.15) is 4.80 Å². The first kappa shape index (κ1) is 8.86. The van der Waals surface area contributed by atoms with Crippen molar-refractivity contribution in [3.8, 4) is 0 Å². The molecule has 74 valence electrons. The van der Waals surface area contributed by atoms with Gasteiger partial charge in [0.1, 0.15) is 0 Å². The predicted octanol–water partition coefficient (Wildman–Crippen LogP) is -0.251. The van der Waals surface area contributed by atoms with E-state index >= 15 is 0 Å². The van der Waals surface area contributed by atoms with Crippen LogP contribution in [0.15, 0.2) is 12.7 Å². The zero-order chi connectivity index (χ0) is 10.1. The Hall–Kier alpha value is -1.72. The summed E-state index contributed by atoms with van der Waals surface area (Å²) in [4.78, 5) is 14.4. The van der Waals surface area contributed by atoms with Crippen molar-refractivity contribution in [1.29, 1.82) is 0 Å². The molecule has 0 aromatic carbocycles. The van der Waals surface area contributed by atoms with E-state index in [4.69, 9.17) is 0 Å². The van der Waals surface area contributed by atoms with Crippen molar-refractivity contribution in [3.05, 3.63) is 12.7 Å². The predicted molar refractivity (Wildman–Crippen MR) is 49.5 cm³/mol. The van der Waals surface area contributed by atoms with E-state index in [1.165, 1.54) is 4.80 Å². The highest BCUT2D eigenvalue weighted by atomic mass is 16.2. The van der Waals surface area contributed by atoms with Crippen molar-refractivity contribution in [3.63, 3.8) is 0 Å². The molecule has 1 unspecified atom stereocenters. The topological polar surface area (TPSA) is 63.9 Å². The summed E-state index contributed by atoms with van der Waals surface area (Å²) in [5.74, 6) is 0.607. The number of hydrogen-bond donors (Lipinski definition) is 0. The maximum absolute atomic E-state index is 11.5. The van der Waals surface area contributed by atoms with E-state index in [-0.39, 0.29) is 11.8 Å². The zero-order valence-electron chi connectivity index (χ0n) is 7.92. The molecular formula is C8H11N5O. The number of anilines is 1. The van der Waals surface area contributed by atoms with Crippen molar-refractivity contribution in [2.24, 2.45) is 13.0 Å². The highest BCUT2D eigenvalue weighted by Crippen LogP contribution is 2.21. The number of amides is 1. The fraction of sp³-hybridized carbons (Fsp3) is 0.500. The zero-order valence-corrected chi connectivity index (χ0v) is 7.92. The molecule has 0 N–H and O–H groups in total. The van der Waals surface area contributed by atoms with Crippen LogP contribution >= 0.6 is 0 Å². The summed E-state index contributed by atoms with van der Waals surface area (Å²) in [5.41, 5.74) is 0. The summed E-state index contributed by atoms with van der Waals surface area (Å²) < 4.78 is 0. The summed E-state index contributed by atoms with van der Waals surface area (Å²) >= 11 is 0. The average Bonchev–Trinajstić information content (AvgIpc) is 2.71. The van der Waals surface area contributed by atoms with Gasteiger partial charge in [0.05, 0.1) is 7.05 Å². The Labute approximate surface area is 81.2 Å². The SMILES string of the molecule is C=CC1CC(=O)N(c2nnn(C)n2)C1. The van der Waals surface area contributed by atoms with Gasteiger partial charge in [0.15, 0.2) is 0 Å². The minimum Gasteiger partial charge on any atom is -0.277 e. The molecule has 6 nitrogen and oxygen atoms in total. The molecular weight excluding hydrogens is 182 g/mol. The van der Waals surface area contributed by atoms with E-state index in [2.05, 4.69) is 22.0 Å². The number of tetrazole rings is 1. The summed E-state index contributed by atoms with van der Waals surface area (Å²) in [5, 5.41) is 11.4. The highest BCUT2D eigenvalue weighted by molar-refractivity contribution is 5.94. The first-order chi connectivity index (χ1) is 6.70. The van der Waals surface area contributed by atoms with E-state index in [0.717, 1.165) is 0 Å². The van der Waals surface area contributed by atoms with Gasteiger partial charge in [-0.3, -0.25) is 9.69 Å². The standard InChI is InChI=1S/C8H11N5O/c1-3-6-4-7(14)13(5-6)8-9-11-12(2)10-8/h3,6H,1,4-5H2,2H3. The van der Waals surface area contributed by atoms with E-state index in [1.54, 1.807) is 18.0 Å². The van der Waals surface area contributed by atoms with Crippen molar-refractivity contribution < 1.29 is 4.79 Å². The van der Waals surface area contributed by atoms with Crippen LogP contribution in [0, 0.1) is 5.92 Å². The molecule has 2 rings (SSSR count). The average molecular weight is 193 g/mol. The highest BCUT2D eigenvalue weighted by Gasteiger charge is 2.31. The molecule has 0 spiro atoms. The van der Waals surface area contributed by atoms with E-state index in [1.807, 2.05) is 0 Å². The minimum absolute atomic E-state index is 0.0305. The largest absolute Gasteiger partial charge is 0.277 e. The third-order valence-electron chi connectivity index (χ3n) is 2.23. The van der Waals surface area contributed by atoms with Gasteiger partial charge in [0.2, 0.25) is 5.91 Å². The number of aromatic nitrogens is 4. The molecule has 1 saturated heterocycles. The first-order valence-electron chi connectivity index (χ1n) is 4.37. The lowest BCUT2D eigenvalue weighted by Gasteiger charge is -2.09. The fourth-order valence-corrected chi connectivity index (χ4v) is 1.47. The summed E-state index contributed by atoms with van der Waals surface area (Å²) in [6.07, 6.45) is 2.27. The Morgan fingerprint density at radius 1 is 1.64 bits per heavy atom. The molecule has 1 atom stereocenters. The van der Waals surface area contributed by atoms with Gasteiger partial charge in [-0.1, -0.05) is 11.2 Å². The number of carbonyl (C=O) groups is 1. The molecule has 14 heavy (non-hydrogen) atoms. The lowest BCUT2D eigenvalue weighted by Crippen LogP contribution is -2.25. The Morgan fingerprint density at radius 3 is 2.93 bits per heavy atom. The van der Waals surface area contributed by atoms with Gasteiger partial charge < -0.3 is 0 Å². The Balaban J connectivity index is 2.20. The van der Waals surface area contributed by atoms with E-state index in [9.17, 15) is 4.79 Å². The van der Waals surface area contributed by atoms with Gasteiger partial charge in [0, 0.05) is 18.9 Å². The van der Waals surface area contributed by atoms with Gasteiger partial charge in [-0.15, -0.1) is 11.7 Å². The third kappa shape index (κ3) is 1.39. The second-order valence-electron chi connectivity index (χ2n) is 3.28. The Bertz CT molecular complexity index is 372. The molecule has 1 amide bonds. The third-order valence-corrected chi connectivity index (χ3v) is 2.23. The lowest BCUT2D eigenvalue weighted by molar-refractivity contribution is -0.117. The van der Waals surface area contributed by atoms with Gasteiger partial charge in [0.25, 0.3) is 5.95 Å². The Morgan fingerprint density at radius 2 is 2.43 bits per heavy atom. The van der Waals surface area contributed by atoms with Crippen LogP contribution in [0.1, 0.15) is 6.42 Å². The van der Waals surface area contributed by atoms with Crippen LogP contribution in [-0.4, -0.2) is 32.7 Å². The van der Waals surface area contributed by atoms with E-state index in [0.29, 0.717) is 18.9 Å². The summed E-state index contributed by atoms with van der Waals surface area (Å²) in [7, 11) is 1.67. The maximum Gasteiger partial charge on any atom is 0.272 e. The number of rotatable bonds is 2. The van der Waals surface area contributed by atoms with Crippen molar-refractivity contribution >= 4 is 11.9 Å². The second-order valence-corrected chi connectivity index (χ2v) is 3.28. The van der Waals surface area contributed by atoms with E-state index < -0.39 is 0 Å². The molecule has 1 aliphatic rings. The monoisotopic (exact) mass is 193 g/mol. The minimum atomic E-state index is 0.0305. The summed E-state index contributed by atoms with van der Waals surface area (Å²) in [6.45, 7) is 4.28. The van der Waals surface area contributed by atoms with Crippen molar-refractivity contribution in [1.82, 2.24) is 20.2 Å². The normalized spacial score (nSPS) is 21.6. The molecule has 6 heteroatoms. The van der Waals surface area contributed by atoms with Crippen molar-refractivity contribution in [2.45, 2.75) is 6.42 Å². The van der Waals surface area contributed by atoms with Crippen LogP contribution in [0.5, 0.6) is 0 Å². The van der Waals surface area contributed by atoms with Gasteiger partial charge in [-0.25, -0.2) is 0 Å². The molecule has 1 aromatic rings.